The summed E-state index contributed by atoms with van der Waals surface area (Å²) in [5.41, 5.74) is 2.07. The van der Waals surface area contributed by atoms with Crippen molar-refractivity contribution >= 4 is 17.8 Å². The van der Waals surface area contributed by atoms with E-state index in [1.807, 2.05) is 6.92 Å². The maximum Gasteiger partial charge on any atom is 0.264 e. The van der Waals surface area contributed by atoms with E-state index in [-0.39, 0.29) is 17.8 Å². The molecule has 3 rings (SSSR count). The third-order valence-corrected chi connectivity index (χ3v) is 3.37. The van der Waals surface area contributed by atoms with Gasteiger partial charge in [-0.05, 0) is 38.7 Å². The molecule has 0 aromatic carbocycles. The highest BCUT2D eigenvalue weighted by Crippen LogP contribution is 2.34. The Bertz CT molecular complexity index is 549. The number of rotatable bonds is 1. The molecule has 5 heteroatoms. The molecular formula is C13H13N3O2. The largest absolute Gasteiger partial charge is 0.268 e. The highest BCUT2D eigenvalue weighted by molar-refractivity contribution is 6.32. The van der Waals surface area contributed by atoms with Crippen molar-refractivity contribution < 1.29 is 9.59 Å². The predicted octanol–water partition coefficient (Wildman–Crippen LogP) is 1.53. The Morgan fingerprint density at radius 2 is 1.72 bits per heavy atom. The molecule has 0 bridgehead atoms. The molecule has 2 heterocycles. The Labute approximate surface area is 105 Å². The zero-order chi connectivity index (χ0) is 12.7. The Morgan fingerprint density at radius 1 is 1.11 bits per heavy atom. The number of aromatic nitrogens is 2. The Kier molecular flexibility index (Phi) is 2.47. The summed E-state index contributed by atoms with van der Waals surface area (Å²) in [5.74, 6) is -0.278. The van der Waals surface area contributed by atoms with Crippen molar-refractivity contribution in [2.45, 2.75) is 32.6 Å². The van der Waals surface area contributed by atoms with Crippen LogP contribution in [0.5, 0.6) is 0 Å². The number of hydrogen-bond acceptors (Lipinski definition) is 4. The first-order valence-electron chi connectivity index (χ1n) is 6.09. The van der Waals surface area contributed by atoms with Crippen LogP contribution in [0.25, 0.3) is 0 Å². The fourth-order valence-electron chi connectivity index (χ4n) is 2.46. The van der Waals surface area contributed by atoms with Crippen molar-refractivity contribution in [3.05, 3.63) is 29.1 Å². The summed E-state index contributed by atoms with van der Waals surface area (Å²) in [4.78, 5) is 33.8. The molecule has 5 nitrogen and oxygen atoms in total. The first-order chi connectivity index (χ1) is 8.68. The second-order valence-corrected chi connectivity index (χ2v) is 4.61. The molecule has 18 heavy (non-hydrogen) atoms. The maximum atomic E-state index is 12.2. The Morgan fingerprint density at radius 3 is 2.28 bits per heavy atom. The van der Waals surface area contributed by atoms with E-state index < -0.39 is 0 Å². The zero-order valence-corrected chi connectivity index (χ0v) is 10.1. The molecule has 2 amide bonds. The minimum Gasteiger partial charge on any atom is -0.268 e. The molecular weight excluding hydrogens is 230 g/mol. The van der Waals surface area contributed by atoms with E-state index in [9.17, 15) is 9.59 Å². The average molecular weight is 243 g/mol. The molecule has 1 aliphatic carbocycles. The van der Waals surface area contributed by atoms with Crippen LogP contribution in [0.15, 0.2) is 23.4 Å². The van der Waals surface area contributed by atoms with Crippen molar-refractivity contribution in [2.24, 2.45) is 0 Å². The number of nitrogens with zero attached hydrogens (tertiary/aromatic N) is 3. The van der Waals surface area contributed by atoms with Crippen molar-refractivity contribution in [1.82, 2.24) is 9.97 Å². The summed E-state index contributed by atoms with van der Waals surface area (Å²) in [5, 5.41) is 0. The van der Waals surface area contributed by atoms with Crippen LogP contribution in [-0.2, 0) is 9.59 Å². The van der Waals surface area contributed by atoms with Gasteiger partial charge in [-0.3, -0.25) is 9.59 Å². The van der Waals surface area contributed by atoms with E-state index in [4.69, 9.17) is 0 Å². The SMILES string of the molecule is Cc1ccnc(N2C(=O)C3=C(CCCC3)C2=O)n1. The molecule has 0 saturated heterocycles. The molecule has 1 aromatic rings. The zero-order valence-electron chi connectivity index (χ0n) is 10.1. The van der Waals surface area contributed by atoms with Crippen molar-refractivity contribution in [3.8, 4) is 0 Å². The van der Waals surface area contributed by atoms with Gasteiger partial charge in [0.15, 0.2) is 0 Å². The van der Waals surface area contributed by atoms with Crippen LogP contribution in [0.2, 0.25) is 0 Å². The summed E-state index contributed by atoms with van der Waals surface area (Å²) in [6, 6.07) is 1.74. The van der Waals surface area contributed by atoms with Crippen LogP contribution in [0.1, 0.15) is 31.4 Å². The smallest absolute Gasteiger partial charge is 0.264 e. The van der Waals surface area contributed by atoms with Gasteiger partial charge in [-0.1, -0.05) is 0 Å². The second-order valence-electron chi connectivity index (χ2n) is 4.61. The number of aryl methyl sites for hydroxylation is 1. The summed E-state index contributed by atoms with van der Waals surface area (Å²) in [6.07, 6.45) is 4.90. The normalized spacial score (nSPS) is 19.5. The lowest BCUT2D eigenvalue weighted by molar-refractivity contribution is -0.120. The van der Waals surface area contributed by atoms with Gasteiger partial charge in [0.25, 0.3) is 11.8 Å². The van der Waals surface area contributed by atoms with Gasteiger partial charge in [0, 0.05) is 23.0 Å². The first kappa shape index (κ1) is 11.1. The molecule has 2 aliphatic rings. The summed E-state index contributed by atoms with van der Waals surface area (Å²) in [6.45, 7) is 1.81. The van der Waals surface area contributed by atoms with Gasteiger partial charge in [-0.15, -0.1) is 0 Å². The molecule has 92 valence electrons. The number of hydrogen-bond donors (Lipinski definition) is 0. The minimum atomic E-state index is -0.236. The van der Waals surface area contributed by atoms with Gasteiger partial charge in [-0.2, -0.15) is 0 Å². The summed E-state index contributed by atoms with van der Waals surface area (Å²) in [7, 11) is 0. The topological polar surface area (TPSA) is 63.2 Å². The van der Waals surface area contributed by atoms with Gasteiger partial charge in [0.05, 0.1) is 0 Å². The van der Waals surface area contributed by atoms with Crippen molar-refractivity contribution in [2.75, 3.05) is 4.90 Å². The molecule has 0 spiro atoms. The highest BCUT2D eigenvalue weighted by Gasteiger charge is 2.40. The summed E-state index contributed by atoms with van der Waals surface area (Å²) >= 11 is 0. The van der Waals surface area contributed by atoms with Crippen LogP contribution in [0.3, 0.4) is 0 Å². The van der Waals surface area contributed by atoms with E-state index >= 15 is 0 Å². The van der Waals surface area contributed by atoms with Crippen LogP contribution < -0.4 is 4.90 Å². The lowest BCUT2D eigenvalue weighted by Crippen LogP contribution is -2.33. The predicted molar refractivity (Wildman–Crippen MR) is 64.8 cm³/mol. The molecule has 0 saturated carbocycles. The van der Waals surface area contributed by atoms with Crippen LogP contribution in [0, 0.1) is 6.92 Å². The van der Waals surface area contributed by atoms with Gasteiger partial charge < -0.3 is 0 Å². The number of amides is 2. The average Bonchev–Trinajstić information content (AvgIpc) is 2.63. The van der Waals surface area contributed by atoms with E-state index in [0.29, 0.717) is 24.0 Å². The third kappa shape index (κ3) is 1.54. The van der Waals surface area contributed by atoms with Crippen molar-refractivity contribution in [3.63, 3.8) is 0 Å². The standard InChI is InChI=1S/C13H13N3O2/c1-8-6-7-14-13(15-8)16-11(17)9-4-2-3-5-10(9)12(16)18/h6-7H,2-5H2,1H3. The van der Waals surface area contributed by atoms with E-state index in [0.717, 1.165) is 23.4 Å². The number of imide groups is 1. The summed E-state index contributed by atoms with van der Waals surface area (Å²) < 4.78 is 0. The Hall–Kier alpha value is -2.04. The lowest BCUT2D eigenvalue weighted by Gasteiger charge is -2.12. The van der Waals surface area contributed by atoms with Gasteiger partial charge in [0.1, 0.15) is 0 Å². The maximum absolute atomic E-state index is 12.2. The quantitative estimate of drug-likeness (QED) is 0.702. The minimum absolute atomic E-state index is 0.194. The van der Waals surface area contributed by atoms with Crippen LogP contribution in [0.4, 0.5) is 5.95 Å². The van der Waals surface area contributed by atoms with Crippen LogP contribution in [-0.4, -0.2) is 21.8 Å². The fourth-order valence-corrected chi connectivity index (χ4v) is 2.46. The van der Waals surface area contributed by atoms with Gasteiger partial charge >= 0.3 is 0 Å². The first-order valence-corrected chi connectivity index (χ1v) is 6.09. The highest BCUT2D eigenvalue weighted by atomic mass is 16.2. The van der Waals surface area contributed by atoms with Gasteiger partial charge in [-0.25, -0.2) is 14.9 Å². The number of carbonyl (C=O) groups excluding carboxylic acids is 2. The lowest BCUT2D eigenvalue weighted by atomic mass is 9.93. The number of anilines is 1. The molecule has 1 aromatic heterocycles. The fraction of sp³-hybridized carbons (Fsp3) is 0.385. The monoisotopic (exact) mass is 243 g/mol. The molecule has 1 aliphatic heterocycles. The molecule has 0 N–H and O–H groups in total. The molecule has 0 fully saturated rings. The van der Waals surface area contributed by atoms with E-state index in [2.05, 4.69) is 9.97 Å². The Balaban J connectivity index is 2.02. The van der Waals surface area contributed by atoms with E-state index in [1.54, 1.807) is 12.3 Å². The second kappa shape index (κ2) is 4.01. The van der Waals surface area contributed by atoms with Crippen LogP contribution >= 0.6 is 0 Å². The number of carbonyl (C=O) groups is 2. The third-order valence-electron chi connectivity index (χ3n) is 3.37. The van der Waals surface area contributed by atoms with Crippen molar-refractivity contribution in [1.29, 1.82) is 0 Å². The van der Waals surface area contributed by atoms with E-state index in [1.165, 1.54) is 0 Å². The molecule has 0 unspecified atom stereocenters. The van der Waals surface area contributed by atoms with Gasteiger partial charge in [0.2, 0.25) is 5.95 Å². The molecule has 0 radical (unpaired) electrons. The molecule has 0 atom stereocenters.